The van der Waals surface area contributed by atoms with Crippen LogP contribution in [0.4, 0.5) is 0 Å². The highest BCUT2D eigenvalue weighted by molar-refractivity contribution is 7.17. The number of carbonyl (C=O) groups excluding carboxylic acids is 1. The van der Waals surface area contributed by atoms with Crippen LogP contribution in [-0.2, 0) is 4.79 Å². The quantitative estimate of drug-likeness (QED) is 0.664. The molecule has 66 valence electrons. The minimum absolute atomic E-state index is 0.0103. The molecule has 0 aliphatic carbocycles. The van der Waals surface area contributed by atoms with Gasteiger partial charge in [0.1, 0.15) is 6.29 Å². The highest BCUT2D eigenvalue weighted by Crippen LogP contribution is 2.29. The molecule has 0 amide bonds. The third-order valence-corrected chi connectivity index (χ3v) is 3.19. The molecule has 2 aromatic rings. The molecule has 1 aromatic carbocycles. The van der Waals surface area contributed by atoms with E-state index in [0.717, 1.165) is 11.8 Å². The maximum absolute atomic E-state index is 10.7. The summed E-state index contributed by atoms with van der Waals surface area (Å²) in [6.45, 7) is 1.93. The Kier molecular flexibility index (Phi) is 2.15. The SMILES string of the molecule is C[C@H](C=O)c1csc2ccccc12. The van der Waals surface area contributed by atoms with E-state index < -0.39 is 0 Å². The zero-order chi connectivity index (χ0) is 9.26. The molecule has 0 spiro atoms. The average Bonchev–Trinajstić information content (AvgIpc) is 2.60. The first-order valence-electron chi connectivity index (χ1n) is 4.24. The Hall–Kier alpha value is -1.15. The molecule has 0 saturated carbocycles. The minimum atomic E-state index is 0.0103. The summed E-state index contributed by atoms with van der Waals surface area (Å²) in [6, 6.07) is 8.19. The van der Waals surface area contributed by atoms with Gasteiger partial charge in [0.25, 0.3) is 0 Å². The number of rotatable bonds is 2. The predicted octanol–water partition coefficient (Wildman–Crippen LogP) is 3.20. The highest BCUT2D eigenvalue weighted by atomic mass is 32.1. The van der Waals surface area contributed by atoms with Crippen LogP contribution in [0.5, 0.6) is 0 Å². The lowest BCUT2D eigenvalue weighted by molar-refractivity contribution is -0.108. The van der Waals surface area contributed by atoms with E-state index in [1.807, 2.05) is 19.1 Å². The van der Waals surface area contributed by atoms with Gasteiger partial charge >= 0.3 is 0 Å². The second-order valence-corrected chi connectivity index (χ2v) is 4.02. The maximum atomic E-state index is 10.7. The van der Waals surface area contributed by atoms with Crippen LogP contribution in [-0.4, -0.2) is 6.29 Å². The van der Waals surface area contributed by atoms with Gasteiger partial charge in [0.15, 0.2) is 0 Å². The minimum Gasteiger partial charge on any atom is -0.303 e. The van der Waals surface area contributed by atoms with Gasteiger partial charge in [0, 0.05) is 10.6 Å². The maximum Gasteiger partial charge on any atom is 0.127 e. The molecule has 0 fully saturated rings. The molecule has 0 unspecified atom stereocenters. The van der Waals surface area contributed by atoms with Crippen LogP contribution in [0.3, 0.4) is 0 Å². The second kappa shape index (κ2) is 3.30. The number of thiophene rings is 1. The largest absolute Gasteiger partial charge is 0.303 e. The van der Waals surface area contributed by atoms with E-state index in [9.17, 15) is 4.79 Å². The van der Waals surface area contributed by atoms with Crippen molar-refractivity contribution in [2.24, 2.45) is 0 Å². The Labute approximate surface area is 81.0 Å². The van der Waals surface area contributed by atoms with Crippen molar-refractivity contribution in [1.82, 2.24) is 0 Å². The van der Waals surface area contributed by atoms with Crippen LogP contribution in [0.25, 0.3) is 10.1 Å². The lowest BCUT2D eigenvalue weighted by Crippen LogP contribution is -1.91. The van der Waals surface area contributed by atoms with Crippen molar-refractivity contribution in [3.8, 4) is 0 Å². The van der Waals surface area contributed by atoms with Crippen LogP contribution in [0, 0.1) is 0 Å². The van der Waals surface area contributed by atoms with Crippen LogP contribution >= 0.6 is 11.3 Å². The average molecular weight is 190 g/mol. The molecule has 2 heteroatoms. The lowest BCUT2D eigenvalue weighted by atomic mass is 10.0. The molecule has 1 nitrogen and oxygen atoms in total. The van der Waals surface area contributed by atoms with Gasteiger partial charge in [-0.2, -0.15) is 0 Å². The predicted molar refractivity (Wildman–Crippen MR) is 56.3 cm³/mol. The molecule has 0 aliphatic heterocycles. The summed E-state index contributed by atoms with van der Waals surface area (Å²) in [5.41, 5.74) is 1.15. The summed E-state index contributed by atoms with van der Waals surface area (Å²) in [4.78, 5) is 10.7. The van der Waals surface area contributed by atoms with E-state index in [4.69, 9.17) is 0 Å². The molecule has 13 heavy (non-hydrogen) atoms. The van der Waals surface area contributed by atoms with Crippen molar-refractivity contribution < 1.29 is 4.79 Å². The molecule has 0 N–H and O–H groups in total. The Bertz CT molecular complexity index is 430. The zero-order valence-corrected chi connectivity index (χ0v) is 8.17. The molecule has 1 aromatic heterocycles. The Balaban J connectivity index is 2.64. The van der Waals surface area contributed by atoms with Crippen molar-refractivity contribution in [1.29, 1.82) is 0 Å². The summed E-state index contributed by atoms with van der Waals surface area (Å²) < 4.78 is 1.26. The third kappa shape index (κ3) is 1.38. The summed E-state index contributed by atoms with van der Waals surface area (Å²) in [7, 11) is 0. The highest BCUT2D eigenvalue weighted by Gasteiger charge is 2.09. The number of carbonyl (C=O) groups is 1. The first-order chi connectivity index (χ1) is 6.33. The van der Waals surface area contributed by atoms with Crippen LogP contribution in [0.2, 0.25) is 0 Å². The lowest BCUT2D eigenvalue weighted by Gasteiger charge is -2.00. The van der Waals surface area contributed by atoms with E-state index in [1.54, 1.807) is 11.3 Å². The van der Waals surface area contributed by atoms with Crippen LogP contribution < -0.4 is 0 Å². The summed E-state index contributed by atoms with van der Waals surface area (Å²) in [5.74, 6) is 0.0103. The summed E-state index contributed by atoms with van der Waals surface area (Å²) in [6.07, 6.45) is 0.995. The van der Waals surface area contributed by atoms with E-state index in [0.29, 0.717) is 0 Å². The van der Waals surface area contributed by atoms with Gasteiger partial charge in [0.2, 0.25) is 0 Å². The normalized spacial score (nSPS) is 13.0. The summed E-state index contributed by atoms with van der Waals surface area (Å²) in [5, 5.41) is 3.29. The second-order valence-electron chi connectivity index (χ2n) is 3.11. The van der Waals surface area contributed by atoms with Crippen molar-refractivity contribution in [3.63, 3.8) is 0 Å². The Morgan fingerprint density at radius 3 is 2.92 bits per heavy atom. The Morgan fingerprint density at radius 1 is 1.38 bits per heavy atom. The smallest absolute Gasteiger partial charge is 0.127 e. The first-order valence-corrected chi connectivity index (χ1v) is 5.12. The number of benzene rings is 1. The zero-order valence-electron chi connectivity index (χ0n) is 7.36. The van der Waals surface area contributed by atoms with Crippen LogP contribution in [0.15, 0.2) is 29.6 Å². The molecule has 1 heterocycles. The number of hydrogen-bond donors (Lipinski definition) is 0. The molecule has 0 radical (unpaired) electrons. The topological polar surface area (TPSA) is 17.1 Å². The summed E-state index contributed by atoms with van der Waals surface area (Å²) >= 11 is 1.70. The van der Waals surface area contributed by atoms with Crippen molar-refractivity contribution in [2.75, 3.05) is 0 Å². The fraction of sp³-hybridized carbons (Fsp3) is 0.182. The molecule has 0 aliphatic rings. The van der Waals surface area contributed by atoms with Gasteiger partial charge in [0.05, 0.1) is 0 Å². The number of hydrogen-bond acceptors (Lipinski definition) is 2. The van der Waals surface area contributed by atoms with E-state index >= 15 is 0 Å². The van der Waals surface area contributed by atoms with E-state index in [-0.39, 0.29) is 5.92 Å². The Morgan fingerprint density at radius 2 is 2.15 bits per heavy atom. The molecular weight excluding hydrogens is 180 g/mol. The first kappa shape index (κ1) is 8.45. The van der Waals surface area contributed by atoms with E-state index in [1.165, 1.54) is 10.1 Å². The fourth-order valence-corrected chi connectivity index (χ4v) is 2.49. The third-order valence-electron chi connectivity index (χ3n) is 2.21. The fourth-order valence-electron chi connectivity index (χ4n) is 1.42. The number of aldehydes is 1. The van der Waals surface area contributed by atoms with Gasteiger partial charge in [-0.05, 0) is 22.4 Å². The molecule has 0 saturated heterocycles. The van der Waals surface area contributed by atoms with Gasteiger partial charge in [-0.1, -0.05) is 25.1 Å². The van der Waals surface area contributed by atoms with Gasteiger partial charge in [-0.3, -0.25) is 0 Å². The van der Waals surface area contributed by atoms with Gasteiger partial charge in [-0.15, -0.1) is 11.3 Å². The van der Waals surface area contributed by atoms with Crippen molar-refractivity contribution >= 4 is 27.7 Å². The van der Waals surface area contributed by atoms with Crippen LogP contribution in [0.1, 0.15) is 18.4 Å². The van der Waals surface area contributed by atoms with Crippen molar-refractivity contribution in [3.05, 3.63) is 35.2 Å². The molecule has 0 bridgehead atoms. The van der Waals surface area contributed by atoms with Gasteiger partial charge in [-0.25, -0.2) is 0 Å². The molecule has 1 atom stereocenters. The standard InChI is InChI=1S/C11H10OS/c1-8(6-12)10-7-13-11-5-3-2-4-9(10)11/h2-8H,1H3/t8-/m1/s1. The van der Waals surface area contributed by atoms with Gasteiger partial charge < -0.3 is 4.79 Å². The molecule has 2 rings (SSSR count). The van der Waals surface area contributed by atoms with E-state index in [2.05, 4.69) is 17.5 Å². The monoisotopic (exact) mass is 190 g/mol. The molecular formula is C11H10OS. The van der Waals surface area contributed by atoms with Crippen molar-refractivity contribution in [2.45, 2.75) is 12.8 Å². The number of fused-ring (bicyclic) bond motifs is 1.